The molecule has 1 aromatic heterocycles. The Labute approximate surface area is 256 Å². The fourth-order valence-electron chi connectivity index (χ4n) is 9.69. The van der Waals surface area contributed by atoms with Crippen LogP contribution in [-0.4, -0.2) is 33.9 Å². The summed E-state index contributed by atoms with van der Waals surface area (Å²) in [5.41, 5.74) is 1.20. The summed E-state index contributed by atoms with van der Waals surface area (Å²) < 4.78 is 11.2. The zero-order valence-electron chi connectivity index (χ0n) is 26.3. The first-order valence-electron chi connectivity index (χ1n) is 17.0. The fraction of sp³-hybridized carbons (Fsp3) is 0.750. The van der Waals surface area contributed by atoms with E-state index in [-0.39, 0.29) is 46.8 Å². The number of carbonyl (C=O) groups is 2. The molecule has 0 saturated heterocycles. The molecule has 4 aliphatic rings. The number of carboxylic acid groups (broad SMARTS) is 1. The molecule has 5 rings (SSSR count). The van der Waals surface area contributed by atoms with Gasteiger partial charge in [0.1, 0.15) is 6.10 Å². The van der Waals surface area contributed by atoms with Gasteiger partial charge in [-0.25, -0.2) is 4.79 Å². The SMILES string of the molecule is C[C@]12CC[C@H](OC(=O)CCCCCCCCCCC(=O)O)C=C1CC[C@@H]1[C@@H]2CC[C@]2(C)[C@@H](c3ccc(=O)oc3)CC[C@]12O. The van der Waals surface area contributed by atoms with Gasteiger partial charge < -0.3 is 19.4 Å². The first-order chi connectivity index (χ1) is 20.6. The Kier molecular flexibility index (Phi) is 9.89. The van der Waals surface area contributed by atoms with E-state index >= 15 is 0 Å². The maximum atomic E-state index is 12.7. The number of carbonyl (C=O) groups excluding carboxylic acids is 1. The van der Waals surface area contributed by atoms with Crippen LogP contribution in [0.5, 0.6) is 0 Å². The third kappa shape index (κ3) is 6.53. The van der Waals surface area contributed by atoms with Crippen molar-refractivity contribution in [3.8, 4) is 0 Å². The third-order valence-corrected chi connectivity index (χ3v) is 12.2. The summed E-state index contributed by atoms with van der Waals surface area (Å²) in [6.07, 6.45) is 20.0. The van der Waals surface area contributed by atoms with E-state index in [2.05, 4.69) is 19.9 Å². The van der Waals surface area contributed by atoms with E-state index in [9.17, 15) is 19.5 Å². The van der Waals surface area contributed by atoms with Crippen LogP contribution in [0.25, 0.3) is 0 Å². The van der Waals surface area contributed by atoms with Gasteiger partial charge in [0, 0.05) is 24.3 Å². The highest BCUT2D eigenvalue weighted by molar-refractivity contribution is 5.69. The van der Waals surface area contributed by atoms with Crippen molar-refractivity contribution in [3.05, 3.63) is 46.0 Å². The number of allylic oxidation sites excluding steroid dienone is 1. The minimum absolute atomic E-state index is 0.0358. The van der Waals surface area contributed by atoms with Crippen LogP contribution in [0, 0.1) is 22.7 Å². The topological polar surface area (TPSA) is 114 Å². The van der Waals surface area contributed by atoms with Gasteiger partial charge in [-0.2, -0.15) is 0 Å². The molecule has 7 atom stereocenters. The number of carboxylic acids is 1. The van der Waals surface area contributed by atoms with Crippen molar-refractivity contribution >= 4 is 11.9 Å². The number of unbranched alkanes of at least 4 members (excludes halogenated alkanes) is 7. The molecule has 0 bridgehead atoms. The second kappa shape index (κ2) is 13.3. The number of hydrogen-bond donors (Lipinski definition) is 2. The van der Waals surface area contributed by atoms with Crippen molar-refractivity contribution in [1.82, 2.24) is 0 Å². The maximum Gasteiger partial charge on any atom is 0.335 e. The molecule has 0 amide bonds. The second-order valence-electron chi connectivity index (χ2n) is 14.5. The van der Waals surface area contributed by atoms with Gasteiger partial charge in [-0.05, 0) is 105 Å². The molecular weight excluding hydrogens is 544 g/mol. The highest BCUT2D eigenvalue weighted by atomic mass is 16.5. The van der Waals surface area contributed by atoms with Crippen LogP contribution in [0.3, 0.4) is 0 Å². The molecule has 2 N–H and O–H groups in total. The molecule has 1 aromatic rings. The first kappa shape index (κ1) is 32.0. The van der Waals surface area contributed by atoms with Crippen LogP contribution < -0.4 is 5.63 Å². The van der Waals surface area contributed by atoms with Gasteiger partial charge in [-0.1, -0.05) is 57.9 Å². The van der Waals surface area contributed by atoms with Gasteiger partial charge in [0.05, 0.1) is 11.9 Å². The molecule has 0 unspecified atom stereocenters. The lowest BCUT2D eigenvalue weighted by Gasteiger charge is -2.61. The Morgan fingerprint density at radius 3 is 2.26 bits per heavy atom. The molecule has 0 radical (unpaired) electrons. The normalized spacial score (nSPS) is 34.9. The number of esters is 1. The Morgan fingerprint density at radius 1 is 0.884 bits per heavy atom. The summed E-state index contributed by atoms with van der Waals surface area (Å²) >= 11 is 0. The van der Waals surface area contributed by atoms with E-state index < -0.39 is 11.6 Å². The third-order valence-electron chi connectivity index (χ3n) is 12.2. The number of rotatable bonds is 13. The molecule has 0 aromatic carbocycles. The van der Waals surface area contributed by atoms with E-state index in [4.69, 9.17) is 14.3 Å². The predicted octanol–water partition coefficient (Wildman–Crippen LogP) is 7.70. The molecule has 0 aliphatic heterocycles. The number of fused-ring (bicyclic) bond motifs is 5. The van der Waals surface area contributed by atoms with E-state index in [1.54, 1.807) is 6.26 Å². The molecule has 7 heteroatoms. The summed E-state index contributed by atoms with van der Waals surface area (Å²) in [5.74, 6) is 0.0581. The Balaban J connectivity index is 1.10. The van der Waals surface area contributed by atoms with Crippen LogP contribution >= 0.6 is 0 Å². The minimum atomic E-state index is -0.727. The van der Waals surface area contributed by atoms with E-state index in [0.717, 1.165) is 108 Å². The van der Waals surface area contributed by atoms with Crippen LogP contribution in [0.15, 0.2) is 39.3 Å². The second-order valence-corrected chi connectivity index (χ2v) is 14.5. The first-order valence-corrected chi connectivity index (χ1v) is 17.0. The standard InChI is InChI=1S/C36H52O7/c1-34-20-17-27(43-33(40)12-10-8-6-4-3-5-7-9-11-31(37)38)23-26(34)14-15-30-29(34)18-21-35(2)28(19-22-36(30,35)41)25-13-16-32(39)42-24-25/h13,16,23-24,27-30,41H,3-12,14-15,17-22H2,1-2H3,(H,37,38)/t27-,28+,29-,30+,34-,35+,36-/m0/s1. The summed E-state index contributed by atoms with van der Waals surface area (Å²) in [5, 5.41) is 21.1. The summed E-state index contributed by atoms with van der Waals surface area (Å²) in [6, 6.07) is 3.39. The summed E-state index contributed by atoms with van der Waals surface area (Å²) in [7, 11) is 0. The molecular formula is C36H52O7. The zero-order valence-corrected chi connectivity index (χ0v) is 26.3. The average molecular weight is 597 g/mol. The van der Waals surface area contributed by atoms with Gasteiger partial charge in [0.25, 0.3) is 0 Å². The fourth-order valence-corrected chi connectivity index (χ4v) is 9.69. The lowest BCUT2D eigenvalue weighted by atomic mass is 9.45. The molecule has 43 heavy (non-hydrogen) atoms. The minimum Gasteiger partial charge on any atom is -0.481 e. The molecule has 0 spiro atoms. The van der Waals surface area contributed by atoms with Gasteiger partial charge in [-0.3, -0.25) is 9.59 Å². The number of hydrogen-bond acceptors (Lipinski definition) is 6. The highest BCUT2D eigenvalue weighted by Crippen LogP contribution is 2.70. The van der Waals surface area contributed by atoms with Crippen LogP contribution in [-0.2, 0) is 14.3 Å². The van der Waals surface area contributed by atoms with Gasteiger partial charge in [0.15, 0.2) is 0 Å². The van der Waals surface area contributed by atoms with Crippen molar-refractivity contribution in [1.29, 1.82) is 0 Å². The van der Waals surface area contributed by atoms with E-state index in [1.807, 2.05) is 6.07 Å². The Hall–Kier alpha value is -2.41. The quantitative estimate of drug-likeness (QED) is 0.136. The maximum absolute atomic E-state index is 12.7. The van der Waals surface area contributed by atoms with Crippen molar-refractivity contribution in [2.45, 2.75) is 147 Å². The molecule has 4 aliphatic carbocycles. The number of ether oxygens (including phenoxy) is 1. The molecule has 238 valence electrons. The molecule has 3 fully saturated rings. The highest BCUT2D eigenvalue weighted by Gasteiger charge is 2.66. The molecule has 1 heterocycles. The molecule has 7 nitrogen and oxygen atoms in total. The predicted molar refractivity (Wildman–Crippen MR) is 165 cm³/mol. The lowest BCUT2D eigenvalue weighted by molar-refractivity contribution is -0.178. The van der Waals surface area contributed by atoms with Gasteiger partial charge in [0.2, 0.25) is 0 Å². The Morgan fingerprint density at radius 2 is 1.58 bits per heavy atom. The van der Waals surface area contributed by atoms with Crippen LogP contribution in [0.2, 0.25) is 0 Å². The largest absolute Gasteiger partial charge is 0.481 e. The average Bonchev–Trinajstić information content (AvgIpc) is 3.25. The van der Waals surface area contributed by atoms with Gasteiger partial charge in [-0.15, -0.1) is 0 Å². The Bertz CT molecular complexity index is 1210. The summed E-state index contributed by atoms with van der Waals surface area (Å²) in [6.45, 7) is 4.66. The van der Waals surface area contributed by atoms with E-state index in [0.29, 0.717) is 12.3 Å². The van der Waals surface area contributed by atoms with Crippen molar-refractivity contribution in [3.63, 3.8) is 0 Å². The summed E-state index contributed by atoms with van der Waals surface area (Å²) in [4.78, 5) is 34.8. The van der Waals surface area contributed by atoms with Crippen molar-refractivity contribution in [2.75, 3.05) is 0 Å². The van der Waals surface area contributed by atoms with Gasteiger partial charge >= 0.3 is 17.6 Å². The number of aliphatic hydroxyl groups is 1. The smallest absolute Gasteiger partial charge is 0.335 e. The lowest BCUT2D eigenvalue weighted by Crippen LogP contribution is -2.60. The molecule has 3 saturated carbocycles. The van der Waals surface area contributed by atoms with Crippen molar-refractivity contribution in [2.24, 2.45) is 22.7 Å². The van der Waals surface area contributed by atoms with E-state index in [1.165, 1.54) is 11.6 Å². The zero-order chi connectivity index (χ0) is 30.7. The van der Waals surface area contributed by atoms with Crippen LogP contribution in [0.1, 0.15) is 141 Å². The van der Waals surface area contributed by atoms with Crippen LogP contribution in [0.4, 0.5) is 0 Å². The van der Waals surface area contributed by atoms with Crippen molar-refractivity contribution < 1.29 is 29.0 Å². The number of aliphatic carboxylic acids is 1. The monoisotopic (exact) mass is 596 g/mol.